The van der Waals surface area contributed by atoms with E-state index in [9.17, 15) is 9.59 Å². The van der Waals surface area contributed by atoms with Crippen LogP contribution < -0.4 is 11.1 Å². The molecular formula is C18H24ClN3O2. The van der Waals surface area contributed by atoms with Crippen LogP contribution in [0.1, 0.15) is 40.0 Å². The van der Waals surface area contributed by atoms with Gasteiger partial charge in [0, 0.05) is 18.3 Å². The molecule has 2 amide bonds. The summed E-state index contributed by atoms with van der Waals surface area (Å²) in [6, 6.07) is 4.94. The molecule has 3 rings (SSSR count). The van der Waals surface area contributed by atoms with Crippen LogP contribution in [0.3, 0.4) is 0 Å². The number of amides is 2. The number of carbonyl (C=O) groups is 2. The van der Waals surface area contributed by atoms with Gasteiger partial charge in [0.15, 0.2) is 0 Å². The highest BCUT2D eigenvalue weighted by Crippen LogP contribution is 2.52. The number of nitrogens with zero attached hydrogens (tertiary/aromatic N) is 1. The Hall–Kier alpha value is -1.75. The monoisotopic (exact) mass is 349 g/mol. The second kappa shape index (κ2) is 5.66. The van der Waals surface area contributed by atoms with E-state index >= 15 is 0 Å². The summed E-state index contributed by atoms with van der Waals surface area (Å²) < 4.78 is 0. The SMILES string of the molecule is CC1(C)CC2CC(C)(CN2C(=O)C(=O)Nc2ccc(N)c(Cl)c2)C1. The Balaban J connectivity index is 1.72. The van der Waals surface area contributed by atoms with Crippen molar-refractivity contribution < 1.29 is 9.59 Å². The Morgan fingerprint density at radius 1 is 1.29 bits per heavy atom. The van der Waals surface area contributed by atoms with E-state index in [4.69, 9.17) is 17.3 Å². The summed E-state index contributed by atoms with van der Waals surface area (Å²) >= 11 is 5.95. The van der Waals surface area contributed by atoms with Crippen LogP contribution in [0.2, 0.25) is 5.02 Å². The zero-order chi connectivity index (χ0) is 17.7. The molecule has 2 fully saturated rings. The number of anilines is 2. The lowest BCUT2D eigenvalue weighted by molar-refractivity contribution is -0.144. The minimum absolute atomic E-state index is 0.104. The molecule has 3 N–H and O–H groups in total. The van der Waals surface area contributed by atoms with Crippen LogP contribution >= 0.6 is 11.6 Å². The van der Waals surface area contributed by atoms with Gasteiger partial charge in [0.25, 0.3) is 0 Å². The summed E-state index contributed by atoms with van der Waals surface area (Å²) in [6.45, 7) is 7.34. The normalized spacial score (nSPS) is 27.8. The Morgan fingerprint density at radius 3 is 2.67 bits per heavy atom. The fourth-order valence-corrected chi connectivity index (χ4v) is 4.80. The van der Waals surface area contributed by atoms with E-state index in [0.717, 1.165) is 19.3 Å². The van der Waals surface area contributed by atoms with Gasteiger partial charge in [0.05, 0.1) is 10.7 Å². The van der Waals surface area contributed by atoms with Crippen molar-refractivity contribution in [2.75, 3.05) is 17.6 Å². The highest BCUT2D eigenvalue weighted by Gasteiger charge is 2.51. The van der Waals surface area contributed by atoms with E-state index in [0.29, 0.717) is 22.9 Å². The lowest BCUT2D eigenvalue weighted by atomic mass is 9.65. The quantitative estimate of drug-likeness (QED) is 0.603. The Labute approximate surface area is 147 Å². The average molecular weight is 350 g/mol. The van der Waals surface area contributed by atoms with Crippen molar-refractivity contribution in [1.82, 2.24) is 4.90 Å². The average Bonchev–Trinajstić information content (AvgIpc) is 2.71. The van der Waals surface area contributed by atoms with Gasteiger partial charge in [0.2, 0.25) is 0 Å². The molecule has 1 heterocycles. The number of halogens is 1. The van der Waals surface area contributed by atoms with Gasteiger partial charge in [-0.3, -0.25) is 9.59 Å². The standard InChI is InChI=1S/C18H24ClN3O2/c1-17(2)7-12-8-18(3,9-17)10-22(12)16(24)15(23)21-11-4-5-14(20)13(19)6-11/h4-6,12H,7-10,20H2,1-3H3,(H,21,23). The first-order chi connectivity index (χ1) is 11.1. The number of hydrogen-bond donors (Lipinski definition) is 2. The lowest BCUT2D eigenvalue weighted by Gasteiger charge is -2.39. The third-order valence-corrected chi connectivity index (χ3v) is 5.46. The molecule has 2 aliphatic rings. The molecule has 24 heavy (non-hydrogen) atoms. The smallest absolute Gasteiger partial charge is 0.313 e. The van der Waals surface area contributed by atoms with Gasteiger partial charge in [-0.1, -0.05) is 32.4 Å². The zero-order valence-electron chi connectivity index (χ0n) is 14.4. The van der Waals surface area contributed by atoms with E-state index in [1.807, 2.05) is 0 Å². The van der Waals surface area contributed by atoms with Crippen molar-refractivity contribution in [2.45, 2.75) is 46.1 Å². The number of nitrogen functional groups attached to an aromatic ring is 1. The van der Waals surface area contributed by atoms with Crippen molar-refractivity contribution in [2.24, 2.45) is 10.8 Å². The highest BCUT2D eigenvalue weighted by molar-refractivity contribution is 6.40. The molecule has 130 valence electrons. The molecule has 0 spiro atoms. The molecule has 1 aromatic rings. The van der Waals surface area contributed by atoms with Gasteiger partial charge in [0.1, 0.15) is 0 Å². The molecule has 5 nitrogen and oxygen atoms in total. The van der Waals surface area contributed by atoms with Gasteiger partial charge >= 0.3 is 11.8 Å². The largest absolute Gasteiger partial charge is 0.398 e. The Morgan fingerprint density at radius 2 is 2.00 bits per heavy atom. The van der Waals surface area contributed by atoms with Gasteiger partial charge in [-0.05, 0) is 48.3 Å². The van der Waals surface area contributed by atoms with E-state index in [-0.39, 0.29) is 16.9 Å². The molecule has 6 heteroatoms. The third kappa shape index (κ3) is 3.22. The minimum atomic E-state index is -0.621. The number of fused-ring (bicyclic) bond motifs is 2. The van der Waals surface area contributed by atoms with E-state index < -0.39 is 11.8 Å². The lowest BCUT2D eigenvalue weighted by Crippen LogP contribution is -2.43. The number of nitrogens with two attached hydrogens (primary N) is 1. The van der Waals surface area contributed by atoms with Gasteiger partial charge < -0.3 is 16.0 Å². The molecule has 2 atom stereocenters. The van der Waals surface area contributed by atoms with E-state index in [1.54, 1.807) is 23.1 Å². The highest BCUT2D eigenvalue weighted by atomic mass is 35.5. The number of rotatable bonds is 1. The first kappa shape index (κ1) is 17.1. The number of nitrogens with one attached hydrogen (secondary N) is 1. The maximum Gasteiger partial charge on any atom is 0.313 e. The Bertz CT molecular complexity index is 704. The number of hydrogen-bond acceptors (Lipinski definition) is 3. The van der Waals surface area contributed by atoms with Crippen LogP contribution in [0.25, 0.3) is 0 Å². The molecular weight excluding hydrogens is 326 g/mol. The number of benzene rings is 1. The van der Waals surface area contributed by atoms with Crippen LogP contribution in [0.5, 0.6) is 0 Å². The molecule has 1 aromatic carbocycles. The maximum atomic E-state index is 12.7. The summed E-state index contributed by atoms with van der Waals surface area (Å²) in [5, 5.41) is 2.98. The fraction of sp³-hybridized carbons (Fsp3) is 0.556. The van der Waals surface area contributed by atoms with Gasteiger partial charge in [-0.25, -0.2) is 0 Å². The molecule has 1 saturated heterocycles. The second-order valence-electron chi connectivity index (χ2n) is 8.34. The van der Waals surface area contributed by atoms with Crippen molar-refractivity contribution in [1.29, 1.82) is 0 Å². The molecule has 0 aromatic heterocycles. The van der Waals surface area contributed by atoms with Gasteiger partial charge in [-0.2, -0.15) is 0 Å². The zero-order valence-corrected chi connectivity index (χ0v) is 15.1. The first-order valence-corrected chi connectivity index (χ1v) is 8.63. The van der Waals surface area contributed by atoms with E-state index in [1.165, 1.54) is 0 Å². The molecule has 1 aliphatic heterocycles. The minimum Gasteiger partial charge on any atom is -0.398 e. The van der Waals surface area contributed by atoms with Crippen molar-refractivity contribution in [3.05, 3.63) is 23.2 Å². The molecule has 1 aliphatic carbocycles. The summed E-state index contributed by atoms with van der Waals surface area (Å²) in [5.74, 6) is -1.08. The van der Waals surface area contributed by atoms with Crippen molar-refractivity contribution in [3.8, 4) is 0 Å². The van der Waals surface area contributed by atoms with E-state index in [2.05, 4.69) is 26.1 Å². The Kier molecular flexibility index (Phi) is 4.03. The maximum absolute atomic E-state index is 12.7. The molecule has 2 bridgehead atoms. The van der Waals surface area contributed by atoms with Crippen LogP contribution in [0.4, 0.5) is 11.4 Å². The predicted molar refractivity (Wildman–Crippen MR) is 95.7 cm³/mol. The topological polar surface area (TPSA) is 75.4 Å². The number of carbonyl (C=O) groups excluding carboxylic acids is 2. The van der Waals surface area contributed by atoms with Crippen LogP contribution in [-0.4, -0.2) is 29.3 Å². The second-order valence-corrected chi connectivity index (χ2v) is 8.74. The molecule has 0 radical (unpaired) electrons. The van der Waals surface area contributed by atoms with Gasteiger partial charge in [-0.15, -0.1) is 0 Å². The van der Waals surface area contributed by atoms with Crippen molar-refractivity contribution >= 4 is 34.8 Å². The summed E-state index contributed by atoms with van der Waals surface area (Å²) in [6.07, 6.45) is 2.99. The molecule has 2 unspecified atom stereocenters. The molecule has 1 saturated carbocycles. The van der Waals surface area contributed by atoms with Crippen molar-refractivity contribution in [3.63, 3.8) is 0 Å². The predicted octanol–water partition coefficient (Wildman–Crippen LogP) is 3.29. The summed E-state index contributed by atoms with van der Waals surface area (Å²) in [7, 11) is 0. The van der Waals surface area contributed by atoms with Crippen LogP contribution in [-0.2, 0) is 9.59 Å². The third-order valence-electron chi connectivity index (χ3n) is 5.13. The number of likely N-dealkylation sites (tertiary alicyclic amines) is 1. The fourth-order valence-electron chi connectivity index (χ4n) is 4.62. The van der Waals surface area contributed by atoms with Crippen LogP contribution in [0.15, 0.2) is 18.2 Å². The summed E-state index contributed by atoms with van der Waals surface area (Å²) in [5.41, 5.74) is 6.87. The first-order valence-electron chi connectivity index (χ1n) is 8.26. The summed E-state index contributed by atoms with van der Waals surface area (Å²) in [4.78, 5) is 26.8. The van der Waals surface area contributed by atoms with Crippen LogP contribution in [0, 0.1) is 10.8 Å².